The third kappa shape index (κ3) is 2.97. The van der Waals surface area contributed by atoms with E-state index in [-0.39, 0.29) is 18.0 Å². The van der Waals surface area contributed by atoms with Crippen LogP contribution in [0, 0.1) is 5.82 Å². The number of hydrogen-bond donors (Lipinski definition) is 1. The predicted octanol–water partition coefficient (Wildman–Crippen LogP) is 3.25. The molecule has 1 heterocycles. The number of hydrogen-bond acceptors (Lipinski definition) is 3. The van der Waals surface area contributed by atoms with Gasteiger partial charge in [-0.25, -0.2) is 4.39 Å². The van der Waals surface area contributed by atoms with Gasteiger partial charge in [-0.05, 0) is 36.2 Å². The summed E-state index contributed by atoms with van der Waals surface area (Å²) in [4.78, 5) is 1.15. The van der Waals surface area contributed by atoms with Crippen LogP contribution in [-0.4, -0.2) is 17.9 Å². The van der Waals surface area contributed by atoms with Gasteiger partial charge >= 0.3 is 0 Å². The molecule has 2 aromatic rings. The van der Waals surface area contributed by atoms with Gasteiger partial charge in [-0.3, -0.25) is 0 Å². The van der Waals surface area contributed by atoms with Gasteiger partial charge in [-0.1, -0.05) is 24.3 Å². The van der Waals surface area contributed by atoms with Crippen molar-refractivity contribution in [3.05, 3.63) is 59.9 Å². The molecule has 0 amide bonds. The number of fused-ring (bicyclic) bond motifs is 1. The van der Waals surface area contributed by atoms with Crippen LogP contribution in [0.2, 0.25) is 0 Å². The maximum absolute atomic E-state index is 13.2. The first kappa shape index (κ1) is 13.5. The molecule has 3 rings (SSSR count). The normalized spacial score (nSPS) is 19.0. The van der Waals surface area contributed by atoms with E-state index in [9.17, 15) is 4.39 Å². The monoisotopic (exact) mass is 289 g/mol. The van der Waals surface area contributed by atoms with E-state index in [1.165, 1.54) is 12.1 Å². The van der Waals surface area contributed by atoms with E-state index in [1.54, 1.807) is 17.8 Å². The summed E-state index contributed by atoms with van der Waals surface area (Å²) < 4.78 is 19.1. The first-order valence-electron chi connectivity index (χ1n) is 6.61. The number of ether oxygens (including phenoxy) is 1. The van der Waals surface area contributed by atoms with Gasteiger partial charge in [0.1, 0.15) is 17.7 Å². The second-order valence-electron chi connectivity index (χ2n) is 4.91. The van der Waals surface area contributed by atoms with E-state index < -0.39 is 0 Å². The predicted molar refractivity (Wildman–Crippen MR) is 79.7 cm³/mol. The summed E-state index contributed by atoms with van der Waals surface area (Å²) in [6.07, 6.45) is 0.573. The third-order valence-electron chi connectivity index (χ3n) is 3.37. The number of para-hydroxylation sites is 1. The highest BCUT2D eigenvalue weighted by molar-refractivity contribution is 7.99. The van der Waals surface area contributed by atoms with Crippen molar-refractivity contribution in [2.45, 2.75) is 23.5 Å². The second-order valence-corrected chi connectivity index (χ2v) is 5.97. The van der Waals surface area contributed by atoms with Gasteiger partial charge in [0.05, 0.1) is 0 Å². The third-order valence-corrected chi connectivity index (χ3v) is 4.51. The fraction of sp³-hybridized carbons (Fsp3) is 0.250. The lowest BCUT2D eigenvalue weighted by atomic mass is 10.0. The van der Waals surface area contributed by atoms with Crippen LogP contribution in [0.25, 0.3) is 0 Å². The van der Waals surface area contributed by atoms with Crippen LogP contribution in [-0.2, 0) is 6.42 Å². The minimum absolute atomic E-state index is 0.0434. The molecule has 2 aromatic carbocycles. The van der Waals surface area contributed by atoms with Crippen LogP contribution in [0.15, 0.2) is 53.4 Å². The maximum atomic E-state index is 13.2. The topological polar surface area (TPSA) is 35.2 Å². The Morgan fingerprint density at radius 1 is 1.25 bits per heavy atom. The highest BCUT2D eigenvalue weighted by atomic mass is 32.2. The molecule has 0 saturated carbocycles. The zero-order valence-corrected chi connectivity index (χ0v) is 11.8. The van der Waals surface area contributed by atoms with Gasteiger partial charge < -0.3 is 10.5 Å². The molecule has 2 nitrogen and oxygen atoms in total. The fourth-order valence-corrected chi connectivity index (χ4v) is 3.41. The SMILES string of the molecule is NC(Cc1cccc(F)c1)C1CSc2ccccc2O1. The van der Waals surface area contributed by atoms with Crippen molar-refractivity contribution in [3.8, 4) is 5.75 Å². The summed E-state index contributed by atoms with van der Waals surface area (Å²) in [5.41, 5.74) is 7.13. The number of benzene rings is 2. The van der Waals surface area contributed by atoms with Gasteiger partial charge in [-0.2, -0.15) is 0 Å². The molecule has 0 aliphatic carbocycles. The molecular weight excluding hydrogens is 273 g/mol. The lowest BCUT2D eigenvalue weighted by Gasteiger charge is -2.29. The van der Waals surface area contributed by atoms with Crippen molar-refractivity contribution in [1.82, 2.24) is 0 Å². The molecule has 1 aliphatic rings. The van der Waals surface area contributed by atoms with Crippen molar-refractivity contribution >= 4 is 11.8 Å². The minimum atomic E-state index is -0.223. The lowest BCUT2D eigenvalue weighted by molar-refractivity contribution is 0.184. The lowest BCUT2D eigenvalue weighted by Crippen LogP contribution is -2.43. The molecule has 2 atom stereocenters. The van der Waals surface area contributed by atoms with Crippen molar-refractivity contribution in [2.75, 3.05) is 5.75 Å². The van der Waals surface area contributed by atoms with Crippen molar-refractivity contribution in [3.63, 3.8) is 0 Å². The van der Waals surface area contributed by atoms with Gasteiger partial charge in [0, 0.05) is 16.7 Å². The summed E-state index contributed by atoms with van der Waals surface area (Å²) in [6.45, 7) is 0. The highest BCUT2D eigenvalue weighted by Gasteiger charge is 2.25. The summed E-state index contributed by atoms with van der Waals surface area (Å²) in [6, 6.07) is 14.4. The first-order chi connectivity index (χ1) is 9.72. The Bertz CT molecular complexity index is 605. The largest absolute Gasteiger partial charge is 0.487 e. The molecule has 0 bridgehead atoms. The van der Waals surface area contributed by atoms with Gasteiger partial charge in [-0.15, -0.1) is 11.8 Å². The van der Waals surface area contributed by atoms with Gasteiger partial charge in [0.2, 0.25) is 0 Å². The smallest absolute Gasteiger partial charge is 0.133 e. The molecular formula is C16H16FNOS. The van der Waals surface area contributed by atoms with Gasteiger partial charge in [0.25, 0.3) is 0 Å². The Kier molecular flexibility index (Phi) is 3.94. The summed E-state index contributed by atoms with van der Waals surface area (Å²) in [7, 11) is 0. The molecule has 2 unspecified atom stereocenters. The number of halogens is 1. The number of thioether (sulfide) groups is 1. The van der Waals surface area contributed by atoms with E-state index in [4.69, 9.17) is 10.5 Å². The van der Waals surface area contributed by atoms with Crippen LogP contribution in [0.4, 0.5) is 4.39 Å². The fourth-order valence-electron chi connectivity index (χ4n) is 2.31. The molecule has 0 saturated heterocycles. The Hall–Kier alpha value is -1.52. The molecule has 104 valence electrons. The summed E-state index contributed by atoms with van der Waals surface area (Å²) in [5, 5.41) is 0. The van der Waals surface area contributed by atoms with Crippen molar-refractivity contribution < 1.29 is 9.13 Å². The van der Waals surface area contributed by atoms with E-state index in [0.29, 0.717) is 6.42 Å². The average Bonchev–Trinajstić information content (AvgIpc) is 2.47. The molecule has 0 radical (unpaired) electrons. The molecule has 4 heteroatoms. The quantitative estimate of drug-likeness (QED) is 0.942. The van der Waals surface area contributed by atoms with E-state index >= 15 is 0 Å². The van der Waals surface area contributed by atoms with Crippen LogP contribution in [0.3, 0.4) is 0 Å². The Balaban J connectivity index is 1.68. The second kappa shape index (κ2) is 5.85. The zero-order chi connectivity index (χ0) is 13.9. The molecule has 2 N–H and O–H groups in total. The molecule has 0 fully saturated rings. The van der Waals surface area contributed by atoms with Crippen molar-refractivity contribution in [1.29, 1.82) is 0 Å². The van der Waals surface area contributed by atoms with Crippen LogP contribution in [0.5, 0.6) is 5.75 Å². The van der Waals surface area contributed by atoms with E-state index in [2.05, 4.69) is 0 Å². The summed E-state index contributed by atoms with van der Waals surface area (Å²) in [5.74, 6) is 1.50. The number of rotatable bonds is 3. The molecule has 1 aliphatic heterocycles. The molecule has 0 aromatic heterocycles. The highest BCUT2D eigenvalue weighted by Crippen LogP contribution is 2.35. The first-order valence-corrected chi connectivity index (χ1v) is 7.59. The maximum Gasteiger partial charge on any atom is 0.133 e. The summed E-state index contributed by atoms with van der Waals surface area (Å²) >= 11 is 1.76. The van der Waals surface area contributed by atoms with Crippen LogP contribution < -0.4 is 10.5 Å². The Morgan fingerprint density at radius 3 is 2.95 bits per heavy atom. The average molecular weight is 289 g/mol. The van der Waals surface area contributed by atoms with Crippen LogP contribution >= 0.6 is 11.8 Å². The standard InChI is InChI=1S/C16H16FNOS/c17-12-5-3-4-11(8-12)9-13(18)15-10-20-16-7-2-1-6-14(16)19-15/h1-8,13,15H,9-10,18H2. The van der Waals surface area contributed by atoms with Crippen LogP contribution in [0.1, 0.15) is 5.56 Å². The zero-order valence-electron chi connectivity index (χ0n) is 11.0. The minimum Gasteiger partial charge on any atom is -0.487 e. The molecule has 20 heavy (non-hydrogen) atoms. The Labute approximate surface area is 122 Å². The van der Waals surface area contributed by atoms with E-state index in [1.807, 2.05) is 30.3 Å². The molecule has 0 spiro atoms. The van der Waals surface area contributed by atoms with E-state index in [0.717, 1.165) is 22.0 Å². The number of nitrogens with two attached hydrogens (primary N) is 1. The van der Waals surface area contributed by atoms with Gasteiger partial charge in [0.15, 0.2) is 0 Å². The Morgan fingerprint density at radius 2 is 2.10 bits per heavy atom. The van der Waals surface area contributed by atoms with Crippen molar-refractivity contribution in [2.24, 2.45) is 5.73 Å².